The van der Waals surface area contributed by atoms with Gasteiger partial charge in [0.05, 0.1) is 12.0 Å². The molecule has 0 fully saturated rings. The van der Waals surface area contributed by atoms with Crippen molar-refractivity contribution < 1.29 is 4.42 Å². The molecule has 2 aromatic heterocycles. The third kappa shape index (κ3) is 2.77. The van der Waals surface area contributed by atoms with Crippen LogP contribution in [0.1, 0.15) is 22.7 Å². The summed E-state index contributed by atoms with van der Waals surface area (Å²) in [4.78, 5) is 0. The topological polar surface area (TPSA) is 43.0 Å². The molecule has 0 saturated carbocycles. The highest BCUT2D eigenvalue weighted by Crippen LogP contribution is 2.11. The van der Waals surface area contributed by atoms with E-state index in [1.807, 2.05) is 23.9 Å². The van der Waals surface area contributed by atoms with Gasteiger partial charge in [-0.3, -0.25) is 4.68 Å². The van der Waals surface area contributed by atoms with Crippen LogP contribution in [0.2, 0.25) is 0 Å². The predicted molar refractivity (Wildman–Crippen MR) is 66.8 cm³/mol. The second-order valence-corrected chi connectivity index (χ2v) is 4.28. The van der Waals surface area contributed by atoms with Crippen molar-refractivity contribution in [3.63, 3.8) is 0 Å². The molecule has 0 atom stereocenters. The summed E-state index contributed by atoms with van der Waals surface area (Å²) in [6.07, 6.45) is 2.64. The van der Waals surface area contributed by atoms with E-state index < -0.39 is 0 Å². The summed E-state index contributed by atoms with van der Waals surface area (Å²) in [5.41, 5.74) is 3.63. The van der Waals surface area contributed by atoms with Crippen molar-refractivity contribution >= 4 is 0 Å². The standard InChI is InChI=1S/C13H19N3O/c1-10-13(11(2)16(3)15-10)9-14-7-6-12-5-4-8-17-12/h4-5,8,14H,6-7,9H2,1-3H3. The molecule has 2 rings (SSSR count). The van der Waals surface area contributed by atoms with Gasteiger partial charge in [-0.15, -0.1) is 0 Å². The highest BCUT2D eigenvalue weighted by atomic mass is 16.3. The third-order valence-corrected chi connectivity index (χ3v) is 3.09. The molecule has 17 heavy (non-hydrogen) atoms. The van der Waals surface area contributed by atoms with Gasteiger partial charge in [-0.25, -0.2) is 0 Å². The molecule has 0 radical (unpaired) electrons. The van der Waals surface area contributed by atoms with E-state index in [4.69, 9.17) is 4.42 Å². The second-order valence-electron chi connectivity index (χ2n) is 4.28. The molecule has 92 valence electrons. The van der Waals surface area contributed by atoms with E-state index in [1.165, 1.54) is 11.3 Å². The van der Waals surface area contributed by atoms with Crippen molar-refractivity contribution in [2.75, 3.05) is 6.54 Å². The molecule has 0 unspecified atom stereocenters. The lowest BCUT2D eigenvalue weighted by Crippen LogP contribution is -2.17. The van der Waals surface area contributed by atoms with Crippen LogP contribution in [0.4, 0.5) is 0 Å². The van der Waals surface area contributed by atoms with Gasteiger partial charge in [0.2, 0.25) is 0 Å². The quantitative estimate of drug-likeness (QED) is 0.803. The number of aryl methyl sites for hydroxylation is 2. The van der Waals surface area contributed by atoms with Crippen LogP contribution in [-0.2, 0) is 20.0 Å². The Hall–Kier alpha value is -1.55. The van der Waals surface area contributed by atoms with E-state index in [0.717, 1.165) is 31.0 Å². The zero-order valence-corrected chi connectivity index (χ0v) is 10.7. The monoisotopic (exact) mass is 233 g/mol. The Balaban J connectivity index is 1.82. The van der Waals surface area contributed by atoms with E-state index in [0.29, 0.717) is 0 Å². The second kappa shape index (κ2) is 5.19. The molecule has 0 aromatic carbocycles. The van der Waals surface area contributed by atoms with Gasteiger partial charge in [0.15, 0.2) is 0 Å². The van der Waals surface area contributed by atoms with Gasteiger partial charge >= 0.3 is 0 Å². The highest BCUT2D eigenvalue weighted by Gasteiger charge is 2.08. The maximum absolute atomic E-state index is 5.28. The first-order valence-corrected chi connectivity index (χ1v) is 5.90. The summed E-state index contributed by atoms with van der Waals surface area (Å²) in [6.45, 7) is 5.94. The third-order valence-electron chi connectivity index (χ3n) is 3.09. The van der Waals surface area contributed by atoms with Gasteiger partial charge in [-0.2, -0.15) is 5.10 Å². The number of aromatic nitrogens is 2. The summed E-state index contributed by atoms with van der Waals surface area (Å²) in [5, 5.41) is 7.82. The van der Waals surface area contributed by atoms with Crippen molar-refractivity contribution in [2.24, 2.45) is 7.05 Å². The Morgan fingerprint density at radius 3 is 2.82 bits per heavy atom. The zero-order chi connectivity index (χ0) is 12.3. The minimum absolute atomic E-state index is 0.867. The first-order chi connectivity index (χ1) is 8.18. The minimum atomic E-state index is 0.867. The number of nitrogens with one attached hydrogen (secondary N) is 1. The predicted octanol–water partition coefficient (Wildman–Crippen LogP) is 1.96. The summed E-state index contributed by atoms with van der Waals surface area (Å²) in [5.74, 6) is 1.03. The van der Waals surface area contributed by atoms with Gasteiger partial charge in [-0.1, -0.05) is 0 Å². The number of rotatable bonds is 5. The molecule has 2 aromatic rings. The fourth-order valence-corrected chi connectivity index (χ4v) is 1.95. The van der Waals surface area contributed by atoms with Crippen LogP contribution in [0.15, 0.2) is 22.8 Å². The Labute approximate surface area is 102 Å². The summed E-state index contributed by atoms with van der Waals surface area (Å²) in [7, 11) is 1.98. The van der Waals surface area contributed by atoms with Gasteiger partial charge in [0.1, 0.15) is 5.76 Å². The maximum atomic E-state index is 5.28. The van der Waals surface area contributed by atoms with E-state index >= 15 is 0 Å². The van der Waals surface area contributed by atoms with Crippen molar-refractivity contribution in [2.45, 2.75) is 26.8 Å². The van der Waals surface area contributed by atoms with Crippen LogP contribution in [0.3, 0.4) is 0 Å². The average molecular weight is 233 g/mol. The van der Waals surface area contributed by atoms with Gasteiger partial charge < -0.3 is 9.73 Å². The molecule has 0 saturated heterocycles. The van der Waals surface area contributed by atoms with Crippen LogP contribution in [0, 0.1) is 13.8 Å². The average Bonchev–Trinajstić information content (AvgIpc) is 2.87. The minimum Gasteiger partial charge on any atom is -0.469 e. The molecule has 2 heterocycles. The normalized spacial score (nSPS) is 11.0. The Bertz CT molecular complexity index is 471. The lowest BCUT2D eigenvalue weighted by molar-refractivity contribution is 0.498. The molecule has 0 aliphatic heterocycles. The highest BCUT2D eigenvalue weighted by molar-refractivity contribution is 5.23. The van der Waals surface area contributed by atoms with Crippen molar-refractivity contribution in [1.29, 1.82) is 0 Å². The van der Waals surface area contributed by atoms with Crippen molar-refractivity contribution in [3.05, 3.63) is 41.1 Å². The lowest BCUT2D eigenvalue weighted by atomic mass is 10.2. The SMILES string of the molecule is Cc1nn(C)c(C)c1CNCCc1ccco1. The molecular weight excluding hydrogens is 214 g/mol. The fraction of sp³-hybridized carbons (Fsp3) is 0.462. The van der Waals surface area contributed by atoms with E-state index in [-0.39, 0.29) is 0 Å². The molecular formula is C13H19N3O. The largest absolute Gasteiger partial charge is 0.469 e. The van der Waals surface area contributed by atoms with E-state index in [9.17, 15) is 0 Å². The van der Waals surface area contributed by atoms with Crippen LogP contribution in [-0.4, -0.2) is 16.3 Å². The molecule has 1 N–H and O–H groups in total. The molecule has 4 heteroatoms. The number of furan rings is 1. The molecule has 0 bridgehead atoms. The van der Waals surface area contributed by atoms with E-state index in [1.54, 1.807) is 6.26 Å². The summed E-state index contributed by atoms with van der Waals surface area (Å²) in [6, 6.07) is 3.92. The number of nitrogens with zero attached hydrogens (tertiary/aromatic N) is 2. The van der Waals surface area contributed by atoms with Crippen LogP contribution < -0.4 is 5.32 Å². The molecule has 0 spiro atoms. The first-order valence-electron chi connectivity index (χ1n) is 5.90. The Morgan fingerprint density at radius 1 is 1.41 bits per heavy atom. The maximum Gasteiger partial charge on any atom is 0.105 e. The van der Waals surface area contributed by atoms with E-state index in [2.05, 4.69) is 24.3 Å². The molecule has 4 nitrogen and oxygen atoms in total. The smallest absolute Gasteiger partial charge is 0.105 e. The van der Waals surface area contributed by atoms with Crippen molar-refractivity contribution in [1.82, 2.24) is 15.1 Å². The Morgan fingerprint density at radius 2 is 2.24 bits per heavy atom. The summed E-state index contributed by atoms with van der Waals surface area (Å²) < 4.78 is 7.21. The van der Waals surface area contributed by atoms with Gasteiger partial charge in [-0.05, 0) is 26.0 Å². The zero-order valence-electron chi connectivity index (χ0n) is 10.7. The Kier molecular flexibility index (Phi) is 3.64. The van der Waals surface area contributed by atoms with Gasteiger partial charge in [0, 0.05) is 37.8 Å². The number of hydrogen-bond donors (Lipinski definition) is 1. The van der Waals surface area contributed by atoms with Crippen LogP contribution in [0.5, 0.6) is 0 Å². The first kappa shape index (κ1) is 11.9. The van der Waals surface area contributed by atoms with Gasteiger partial charge in [0.25, 0.3) is 0 Å². The summed E-state index contributed by atoms with van der Waals surface area (Å²) >= 11 is 0. The molecule has 0 amide bonds. The number of hydrogen-bond acceptors (Lipinski definition) is 3. The molecule has 0 aliphatic rings. The van der Waals surface area contributed by atoms with Crippen LogP contribution >= 0.6 is 0 Å². The molecule has 0 aliphatic carbocycles. The lowest BCUT2D eigenvalue weighted by Gasteiger charge is -2.04. The van der Waals surface area contributed by atoms with Crippen LogP contribution in [0.25, 0.3) is 0 Å². The fourth-order valence-electron chi connectivity index (χ4n) is 1.95. The van der Waals surface area contributed by atoms with Crippen molar-refractivity contribution in [3.8, 4) is 0 Å².